The molecule has 0 atom stereocenters. The van der Waals surface area contributed by atoms with Gasteiger partial charge in [0.2, 0.25) is 5.96 Å². The quantitative estimate of drug-likeness (QED) is 0.752. The molecule has 0 radical (unpaired) electrons. The molecule has 2 rings (SSSR count). The molecule has 0 saturated heterocycles. The highest BCUT2D eigenvalue weighted by molar-refractivity contribution is 7.86. The topological polar surface area (TPSA) is 79.8 Å². The van der Waals surface area contributed by atoms with E-state index in [4.69, 9.17) is 0 Å². The van der Waals surface area contributed by atoms with Gasteiger partial charge in [0.05, 0.1) is 11.4 Å². The number of hydrogen-bond donors (Lipinski definition) is 2. The maximum Gasteiger partial charge on any atom is 0.317 e. The van der Waals surface area contributed by atoms with Crippen molar-refractivity contribution in [2.75, 3.05) is 13.1 Å². The van der Waals surface area contributed by atoms with Crippen LogP contribution in [0.1, 0.15) is 5.56 Å². The summed E-state index contributed by atoms with van der Waals surface area (Å²) in [4.78, 5) is 4.06. The summed E-state index contributed by atoms with van der Waals surface area (Å²) < 4.78 is 28.1. The number of hydroxylamine groups is 1. The second-order valence-corrected chi connectivity index (χ2v) is 5.16. The number of hydrogen-bond acceptors (Lipinski definition) is 6. The number of rotatable bonds is 3. The molecule has 0 spiro atoms. The third-order valence-corrected chi connectivity index (χ3v) is 3.38. The van der Waals surface area contributed by atoms with Crippen molar-refractivity contribution in [2.45, 2.75) is 11.8 Å². The average molecular weight is 255 g/mol. The molecule has 1 heterocycles. The van der Waals surface area contributed by atoms with Crippen molar-refractivity contribution in [1.29, 1.82) is 0 Å². The number of aryl methyl sites for hydroxylation is 1. The molecular formula is C10H13N3O3S. The van der Waals surface area contributed by atoms with Gasteiger partial charge in [0.15, 0.2) is 0 Å². The molecule has 2 N–H and O–H groups in total. The standard InChI is InChI=1S/C10H13N3O3S/c1-8-2-4-9(5-3-8)17(14,15)16-13-10-11-6-7-12-10/h2-5H,6-7H2,1H3,(H2,11,12,13). The van der Waals surface area contributed by atoms with E-state index in [0.29, 0.717) is 19.0 Å². The van der Waals surface area contributed by atoms with E-state index < -0.39 is 10.1 Å². The smallest absolute Gasteiger partial charge is 0.317 e. The molecule has 1 aromatic rings. The summed E-state index contributed by atoms with van der Waals surface area (Å²) in [6.07, 6.45) is 0. The van der Waals surface area contributed by atoms with Crippen LogP contribution < -0.4 is 10.8 Å². The van der Waals surface area contributed by atoms with Crippen LogP contribution in [0.15, 0.2) is 34.2 Å². The van der Waals surface area contributed by atoms with Crippen LogP contribution in [-0.2, 0) is 14.4 Å². The van der Waals surface area contributed by atoms with E-state index >= 15 is 0 Å². The number of nitrogens with zero attached hydrogens (tertiary/aromatic N) is 1. The molecule has 1 aliphatic heterocycles. The first-order valence-corrected chi connectivity index (χ1v) is 6.53. The van der Waals surface area contributed by atoms with Crippen molar-refractivity contribution in [3.05, 3.63) is 29.8 Å². The van der Waals surface area contributed by atoms with E-state index in [1.807, 2.05) is 6.92 Å². The molecule has 0 bridgehead atoms. The Kier molecular flexibility index (Phi) is 3.30. The van der Waals surface area contributed by atoms with Crippen molar-refractivity contribution >= 4 is 16.1 Å². The highest BCUT2D eigenvalue weighted by atomic mass is 32.2. The van der Waals surface area contributed by atoms with Crippen LogP contribution >= 0.6 is 0 Å². The second kappa shape index (κ2) is 4.72. The Morgan fingerprint density at radius 1 is 1.35 bits per heavy atom. The van der Waals surface area contributed by atoms with Crippen LogP contribution in [0.25, 0.3) is 0 Å². The van der Waals surface area contributed by atoms with Gasteiger partial charge in [0.1, 0.15) is 0 Å². The van der Waals surface area contributed by atoms with Crippen molar-refractivity contribution in [3.8, 4) is 0 Å². The van der Waals surface area contributed by atoms with Gasteiger partial charge in [-0.15, -0.1) is 4.28 Å². The Balaban J connectivity index is 2.05. The Morgan fingerprint density at radius 2 is 2.06 bits per heavy atom. The summed E-state index contributed by atoms with van der Waals surface area (Å²) in [5, 5.41) is 2.84. The van der Waals surface area contributed by atoms with Crippen LogP contribution in [0.4, 0.5) is 0 Å². The fourth-order valence-corrected chi connectivity index (χ4v) is 2.07. The van der Waals surface area contributed by atoms with E-state index in [1.165, 1.54) is 12.1 Å². The molecule has 0 aromatic heterocycles. The predicted molar refractivity (Wildman–Crippen MR) is 62.9 cm³/mol. The van der Waals surface area contributed by atoms with Crippen molar-refractivity contribution in [2.24, 2.45) is 4.99 Å². The van der Waals surface area contributed by atoms with Gasteiger partial charge in [-0.05, 0) is 19.1 Å². The minimum atomic E-state index is -3.80. The zero-order valence-electron chi connectivity index (χ0n) is 9.30. The van der Waals surface area contributed by atoms with E-state index in [2.05, 4.69) is 20.1 Å². The lowest BCUT2D eigenvalue weighted by molar-refractivity contribution is 0.264. The maximum atomic E-state index is 11.7. The van der Waals surface area contributed by atoms with Gasteiger partial charge < -0.3 is 5.32 Å². The molecular weight excluding hydrogens is 242 g/mol. The van der Waals surface area contributed by atoms with Crippen molar-refractivity contribution in [1.82, 2.24) is 10.8 Å². The Labute approximate surface area is 99.8 Å². The lowest BCUT2D eigenvalue weighted by atomic mass is 10.2. The predicted octanol–water partition coefficient (Wildman–Crippen LogP) is 0.164. The zero-order chi connectivity index (χ0) is 12.3. The fraction of sp³-hybridized carbons (Fsp3) is 0.300. The molecule has 17 heavy (non-hydrogen) atoms. The Morgan fingerprint density at radius 3 is 2.65 bits per heavy atom. The monoisotopic (exact) mass is 255 g/mol. The van der Waals surface area contributed by atoms with Crippen LogP contribution in [0, 0.1) is 6.92 Å². The summed E-state index contributed by atoms with van der Waals surface area (Å²) >= 11 is 0. The first-order valence-electron chi connectivity index (χ1n) is 5.12. The highest BCUT2D eigenvalue weighted by Crippen LogP contribution is 2.11. The van der Waals surface area contributed by atoms with Gasteiger partial charge in [0.25, 0.3) is 0 Å². The Hall–Kier alpha value is -1.60. The first kappa shape index (κ1) is 11.9. The van der Waals surface area contributed by atoms with E-state index in [0.717, 1.165) is 5.56 Å². The molecule has 92 valence electrons. The average Bonchev–Trinajstić information content (AvgIpc) is 2.80. The fourth-order valence-electron chi connectivity index (χ4n) is 1.31. The van der Waals surface area contributed by atoms with E-state index in [1.54, 1.807) is 12.1 Å². The molecule has 1 aliphatic rings. The Bertz CT molecular complexity index is 522. The van der Waals surface area contributed by atoms with Crippen molar-refractivity contribution in [3.63, 3.8) is 0 Å². The summed E-state index contributed by atoms with van der Waals surface area (Å²) in [6, 6.07) is 6.41. The maximum absolute atomic E-state index is 11.7. The van der Waals surface area contributed by atoms with Gasteiger partial charge in [-0.1, -0.05) is 17.7 Å². The van der Waals surface area contributed by atoms with Gasteiger partial charge in [-0.25, -0.2) is 10.5 Å². The number of benzene rings is 1. The SMILES string of the molecule is Cc1ccc(S(=O)(=O)ONC2=NCCN2)cc1. The highest BCUT2D eigenvalue weighted by Gasteiger charge is 2.16. The first-order chi connectivity index (χ1) is 8.08. The number of guanidine groups is 1. The molecule has 0 aliphatic carbocycles. The van der Waals surface area contributed by atoms with E-state index in [9.17, 15) is 8.42 Å². The van der Waals surface area contributed by atoms with E-state index in [-0.39, 0.29) is 4.90 Å². The molecule has 0 saturated carbocycles. The van der Waals surface area contributed by atoms with Gasteiger partial charge in [-0.3, -0.25) is 0 Å². The molecule has 7 heteroatoms. The van der Waals surface area contributed by atoms with Gasteiger partial charge in [0, 0.05) is 6.54 Å². The lowest BCUT2D eigenvalue weighted by Gasteiger charge is -2.07. The van der Waals surface area contributed by atoms with Crippen LogP contribution in [0.3, 0.4) is 0 Å². The third-order valence-electron chi connectivity index (χ3n) is 2.23. The summed E-state index contributed by atoms with van der Waals surface area (Å²) in [5.74, 6) is 0.334. The molecule has 0 amide bonds. The summed E-state index contributed by atoms with van der Waals surface area (Å²) in [6.45, 7) is 3.17. The number of nitrogens with one attached hydrogen (secondary N) is 2. The normalized spacial score (nSPS) is 15.2. The van der Waals surface area contributed by atoms with Crippen molar-refractivity contribution < 1.29 is 12.7 Å². The zero-order valence-corrected chi connectivity index (χ0v) is 10.1. The second-order valence-electron chi connectivity index (χ2n) is 3.61. The summed E-state index contributed by atoms with van der Waals surface area (Å²) in [5.41, 5.74) is 3.27. The lowest BCUT2D eigenvalue weighted by Crippen LogP contribution is -2.35. The van der Waals surface area contributed by atoms with Crippen LogP contribution in [-0.4, -0.2) is 27.5 Å². The molecule has 1 aromatic carbocycles. The molecule has 0 unspecified atom stereocenters. The largest absolute Gasteiger partial charge is 0.353 e. The minimum Gasteiger partial charge on any atom is -0.353 e. The number of aliphatic imine (C=N–C) groups is 1. The summed E-state index contributed by atoms with van der Waals surface area (Å²) in [7, 11) is -3.80. The third kappa shape index (κ3) is 2.95. The van der Waals surface area contributed by atoms with Crippen LogP contribution in [0.2, 0.25) is 0 Å². The minimum absolute atomic E-state index is 0.106. The molecule has 6 nitrogen and oxygen atoms in total. The van der Waals surface area contributed by atoms with Gasteiger partial charge in [-0.2, -0.15) is 8.42 Å². The van der Waals surface area contributed by atoms with Gasteiger partial charge >= 0.3 is 10.1 Å². The molecule has 0 fully saturated rings. The van der Waals surface area contributed by atoms with Crippen LogP contribution in [0.5, 0.6) is 0 Å².